The van der Waals surface area contributed by atoms with Crippen molar-refractivity contribution in [2.45, 2.75) is 20.8 Å². The lowest BCUT2D eigenvalue weighted by Crippen LogP contribution is -2.14. The molecule has 0 bridgehead atoms. The van der Waals surface area contributed by atoms with Gasteiger partial charge in [0.15, 0.2) is 11.6 Å². The highest BCUT2D eigenvalue weighted by atomic mass is 35.5. The van der Waals surface area contributed by atoms with Crippen molar-refractivity contribution in [3.63, 3.8) is 0 Å². The molecular formula is C25H19Cl2N5O. The fraction of sp³-hybridized carbons (Fsp3) is 0.120. The Morgan fingerprint density at radius 2 is 1.88 bits per heavy atom. The van der Waals surface area contributed by atoms with Crippen molar-refractivity contribution < 1.29 is 4.79 Å². The number of nitriles is 1. The van der Waals surface area contributed by atoms with Gasteiger partial charge in [0.2, 0.25) is 5.91 Å². The maximum Gasteiger partial charge on any atom is 0.249 e. The van der Waals surface area contributed by atoms with E-state index in [2.05, 4.69) is 28.6 Å². The first-order valence-electron chi connectivity index (χ1n) is 10.1. The van der Waals surface area contributed by atoms with Gasteiger partial charge in [-0.05, 0) is 67.8 Å². The van der Waals surface area contributed by atoms with Crippen LogP contribution in [-0.2, 0) is 4.79 Å². The Morgan fingerprint density at radius 3 is 2.61 bits per heavy atom. The van der Waals surface area contributed by atoms with Crippen LogP contribution in [0, 0.1) is 32.1 Å². The molecule has 0 aliphatic carbocycles. The summed E-state index contributed by atoms with van der Waals surface area (Å²) in [5.74, 6) is 0.332. The number of aryl methyl sites for hydroxylation is 3. The summed E-state index contributed by atoms with van der Waals surface area (Å²) >= 11 is 12.0. The molecule has 164 valence electrons. The Labute approximate surface area is 201 Å². The average Bonchev–Trinajstić information content (AvgIpc) is 3.17. The summed E-state index contributed by atoms with van der Waals surface area (Å²) in [6, 6.07) is 13.2. The van der Waals surface area contributed by atoms with Crippen LogP contribution in [0.15, 0.2) is 48.7 Å². The molecule has 4 aromatic rings. The zero-order chi connectivity index (χ0) is 23.7. The summed E-state index contributed by atoms with van der Waals surface area (Å²) in [6.07, 6.45) is 4.36. The van der Waals surface area contributed by atoms with Crippen LogP contribution in [0.1, 0.15) is 27.8 Å². The van der Waals surface area contributed by atoms with Gasteiger partial charge in [0.1, 0.15) is 11.6 Å². The third-order valence-electron chi connectivity index (χ3n) is 5.16. The van der Waals surface area contributed by atoms with Gasteiger partial charge >= 0.3 is 0 Å². The molecule has 6 nitrogen and oxygen atoms in total. The van der Waals surface area contributed by atoms with Crippen LogP contribution in [0.5, 0.6) is 0 Å². The Balaban J connectivity index is 1.70. The first-order chi connectivity index (χ1) is 15.8. The van der Waals surface area contributed by atoms with E-state index in [1.165, 1.54) is 17.0 Å². The van der Waals surface area contributed by atoms with E-state index in [-0.39, 0.29) is 11.4 Å². The Morgan fingerprint density at radius 1 is 1.09 bits per heavy atom. The number of amides is 1. The van der Waals surface area contributed by atoms with Gasteiger partial charge in [-0.15, -0.1) is 0 Å². The van der Waals surface area contributed by atoms with Gasteiger partial charge in [-0.3, -0.25) is 4.79 Å². The Hall–Kier alpha value is -3.66. The summed E-state index contributed by atoms with van der Waals surface area (Å²) in [5.41, 5.74) is 5.01. The first kappa shape index (κ1) is 22.5. The van der Waals surface area contributed by atoms with Crippen LogP contribution in [0.3, 0.4) is 0 Å². The molecule has 0 aliphatic rings. The van der Waals surface area contributed by atoms with E-state index in [1.807, 2.05) is 26.8 Å². The highest BCUT2D eigenvalue weighted by Crippen LogP contribution is 2.27. The molecule has 2 heterocycles. The molecular weight excluding hydrogens is 457 g/mol. The SMILES string of the molecule is Cc1cc(C)c2nc(-n3ncc(C#N)c3NC(=O)/C=C/c3ccc(Cl)c(Cl)c3)cc(C)c2c1. The normalized spacial score (nSPS) is 11.2. The highest BCUT2D eigenvalue weighted by molar-refractivity contribution is 6.42. The van der Waals surface area contributed by atoms with Crippen molar-refractivity contribution in [2.75, 3.05) is 5.32 Å². The Bertz CT molecular complexity index is 1480. The number of aromatic nitrogens is 3. The lowest BCUT2D eigenvalue weighted by molar-refractivity contribution is -0.111. The van der Waals surface area contributed by atoms with Crippen molar-refractivity contribution in [1.82, 2.24) is 14.8 Å². The van der Waals surface area contributed by atoms with Gasteiger partial charge in [-0.25, -0.2) is 4.98 Å². The second-order valence-electron chi connectivity index (χ2n) is 7.70. The number of carbonyl (C=O) groups excluding carboxylic acids is 1. The minimum atomic E-state index is -0.427. The topological polar surface area (TPSA) is 83.6 Å². The molecule has 0 saturated heterocycles. The van der Waals surface area contributed by atoms with Crippen molar-refractivity contribution in [3.05, 3.63) is 86.5 Å². The van der Waals surface area contributed by atoms with Crippen LogP contribution < -0.4 is 5.32 Å². The number of rotatable bonds is 4. The number of pyridine rings is 1. The van der Waals surface area contributed by atoms with Crippen LogP contribution >= 0.6 is 23.2 Å². The lowest BCUT2D eigenvalue weighted by atomic mass is 10.0. The second kappa shape index (κ2) is 9.07. The van der Waals surface area contributed by atoms with Gasteiger partial charge in [0, 0.05) is 11.5 Å². The summed E-state index contributed by atoms with van der Waals surface area (Å²) in [4.78, 5) is 17.4. The minimum absolute atomic E-state index is 0.228. The van der Waals surface area contributed by atoms with E-state index >= 15 is 0 Å². The number of carbonyl (C=O) groups is 1. The number of nitrogens with one attached hydrogen (secondary N) is 1. The molecule has 0 spiro atoms. The van der Waals surface area contributed by atoms with E-state index in [0.717, 1.165) is 27.6 Å². The van der Waals surface area contributed by atoms with E-state index in [4.69, 9.17) is 28.2 Å². The molecule has 0 saturated carbocycles. The first-order valence-corrected chi connectivity index (χ1v) is 10.8. The number of benzene rings is 2. The fourth-order valence-corrected chi connectivity index (χ4v) is 3.91. The van der Waals surface area contributed by atoms with Crippen LogP contribution in [0.2, 0.25) is 10.0 Å². The number of fused-ring (bicyclic) bond motifs is 1. The quantitative estimate of drug-likeness (QED) is 0.357. The number of anilines is 1. The monoisotopic (exact) mass is 475 g/mol. The summed E-state index contributed by atoms with van der Waals surface area (Å²) in [7, 11) is 0. The van der Waals surface area contributed by atoms with Crippen LogP contribution in [0.25, 0.3) is 22.8 Å². The van der Waals surface area contributed by atoms with Gasteiger partial charge < -0.3 is 5.32 Å². The minimum Gasteiger partial charge on any atom is -0.306 e. The molecule has 8 heteroatoms. The number of hydrogen-bond donors (Lipinski definition) is 1. The molecule has 2 aromatic carbocycles. The predicted octanol–water partition coefficient (Wildman–Crippen LogP) is 6.18. The molecule has 0 radical (unpaired) electrons. The second-order valence-corrected chi connectivity index (χ2v) is 8.52. The molecule has 1 amide bonds. The van der Waals surface area contributed by atoms with E-state index in [9.17, 15) is 10.1 Å². The van der Waals surface area contributed by atoms with Crippen molar-refractivity contribution in [3.8, 4) is 11.9 Å². The zero-order valence-electron chi connectivity index (χ0n) is 18.1. The average molecular weight is 476 g/mol. The molecule has 33 heavy (non-hydrogen) atoms. The van der Waals surface area contributed by atoms with Crippen LogP contribution in [-0.4, -0.2) is 20.7 Å². The van der Waals surface area contributed by atoms with E-state index in [0.29, 0.717) is 21.4 Å². The number of halogens is 2. The molecule has 0 unspecified atom stereocenters. The van der Waals surface area contributed by atoms with Crippen molar-refractivity contribution in [1.29, 1.82) is 5.26 Å². The van der Waals surface area contributed by atoms with Gasteiger partial charge in [0.25, 0.3) is 0 Å². The van der Waals surface area contributed by atoms with Gasteiger partial charge in [0.05, 0.1) is 21.8 Å². The largest absolute Gasteiger partial charge is 0.306 e. The summed E-state index contributed by atoms with van der Waals surface area (Å²) in [5, 5.41) is 18.5. The lowest BCUT2D eigenvalue weighted by Gasteiger charge is -2.12. The third-order valence-corrected chi connectivity index (χ3v) is 5.90. The third kappa shape index (κ3) is 4.61. The maximum atomic E-state index is 12.6. The summed E-state index contributed by atoms with van der Waals surface area (Å²) < 4.78 is 1.47. The van der Waals surface area contributed by atoms with Crippen molar-refractivity contribution >= 4 is 51.9 Å². The highest BCUT2D eigenvalue weighted by Gasteiger charge is 2.17. The van der Waals surface area contributed by atoms with E-state index < -0.39 is 5.91 Å². The molecule has 0 aliphatic heterocycles. The fourth-order valence-electron chi connectivity index (χ4n) is 3.61. The summed E-state index contributed by atoms with van der Waals surface area (Å²) in [6.45, 7) is 6.05. The predicted molar refractivity (Wildman–Crippen MR) is 132 cm³/mol. The molecule has 0 atom stereocenters. The number of nitrogens with zero attached hydrogens (tertiary/aromatic N) is 4. The molecule has 2 aromatic heterocycles. The molecule has 0 fully saturated rings. The number of hydrogen-bond acceptors (Lipinski definition) is 4. The smallest absolute Gasteiger partial charge is 0.249 e. The zero-order valence-corrected chi connectivity index (χ0v) is 19.7. The Kier molecular flexibility index (Phi) is 6.19. The van der Waals surface area contributed by atoms with Crippen LogP contribution in [0.4, 0.5) is 5.82 Å². The maximum absolute atomic E-state index is 12.6. The molecule has 1 N–H and O–H groups in total. The van der Waals surface area contributed by atoms with E-state index in [1.54, 1.807) is 24.3 Å². The standard InChI is InChI=1S/C25H19Cl2N5O/c1-14-8-16(3)24-19(9-14)15(2)10-22(30-24)32-25(18(12-28)13-29-32)31-23(33)7-5-17-4-6-20(26)21(27)11-17/h4-11,13H,1-3H3,(H,31,33)/b7-5+. The van der Waals surface area contributed by atoms with Gasteiger partial charge in [-0.2, -0.15) is 15.0 Å². The molecule has 4 rings (SSSR count). The van der Waals surface area contributed by atoms with Gasteiger partial charge in [-0.1, -0.05) is 40.9 Å². The van der Waals surface area contributed by atoms with Crippen molar-refractivity contribution in [2.24, 2.45) is 0 Å².